The lowest BCUT2D eigenvalue weighted by atomic mass is 10.1. The van der Waals surface area contributed by atoms with Gasteiger partial charge in [0.15, 0.2) is 5.78 Å². The van der Waals surface area contributed by atoms with E-state index in [1.54, 1.807) is 6.92 Å². The van der Waals surface area contributed by atoms with Gasteiger partial charge < -0.3 is 4.90 Å². The quantitative estimate of drug-likeness (QED) is 0.788. The van der Waals surface area contributed by atoms with Crippen molar-refractivity contribution < 1.29 is 4.79 Å². The number of ketones is 1. The zero-order valence-corrected chi connectivity index (χ0v) is 12.3. The molecule has 2 nitrogen and oxygen atoms in total. The molecule has 0 amide bonds. The van der Waals surface area contributed by atoms with Crippen LogP contribution in [-0.4, -0.2) is 18.9 Å². The summed E-state index contributed by atoms with van der Waals surface area (Å²) < 4.78 is 0. The Kier molecular flexibility index (Phi) is 3.87. The third kappa shape index (κ3) is 3.05. The van der Waals surface area contributed by atoms with Crippen LogP contribution in [0.1, 0.15) is 28.4 Å². The van der Waals surface area contributed by atoms with Crippen molar-refractivity contribution in [2.75, 3.05) is 18.0 Å². The second kappa shape index (κ2) is 5.96. The van der Waals surface area contributed by atoms with Crippen molar-refractivity contribution in [1.82, 2.24) is 0 Å². The van der Waals surface area contributed by atoms with Crippen molar-refractivity contribution >= 4 is 17.5 Å². The lowest BCUT2D eigenvalue weighted by Crippen LogP contribution is -2.20. The number of Topliss-reactive ketones (excluding diaryl/α,β-unsaturated/α-hetero) is 1. The molecule has 21 heavy (non-hydrogen) atoms. The highest BCUT2D eigenvalue weighted by Crippen LogP contribution is 2.28. The minimum absolute atomic E-state index is 0.139. The van der Waals surface area contributed by atoms with Crippen LogP contribution >= 0.6 is 0 Å². The largest absolute Gasteiger partial charge is 0.367 e. The fourth-order valence-electron chi connectivity index (χ4n) is 2.76. The van der Waals surface area contributed by atoms with Gasteiger partial charge in [-0.25, -0.2) is 0 Å². The number of anilines is 1. The molecule has 1 aliphatic rings. The highest BCUT2D eigenvalue weighted by atomic mass is 16.1. The van der Waals surface area contributed by atoms with Gasteiger partial charge in [-0.1, -0.05) is 42.5 Å². The Morgan fingerprint density at radius 3 is 2.76 bits per heavy atom. The van der Waals surface area contributed by atoms with Gasteiger partial charge in [0.2, 0.25) is 0 Å². The van der Waals surface area contributed by atoms with Crippen LogP contribution in [0.3, 0.4) is 0 Å². The first kappa shape index (κ1) is 13.6. The molecule has 0 N–H and O–H groups in total. The van der Waals surface area contributed by atoms with Gasteiger partial charge in [0.05, 0.1) is 0 Å². The van der Waals surface area contributed by atoms with Crippen LogP contribution in [0.25, 0.3) is 6.08 Å². The number of carbonyl (C=O) groups is 1. The molecule has 0 fully saturated rings. The summed E-state index contributed by atoms with van der Waals surface area (Å²) in [6.07, 6.45) is 5.38. The summed E-state index contributed by atoms with van der Waals surface area (Å²) in [7, 11) is 0. The van der Waals surface area contributed by atoms with E-state index in [2.05, 4.69) is 35.3 Å². The zero-order chi connectivity index (χ0) is 14.7. The standard InChI is InChI=1S/C19H19NO/c1-15(21)17-9-10-19-18(14-17)11-13-20(19)12-5-8-16-6-3-2-4-7-16/h2-10,14H,11-13H2,1H3/b8-5+. The van der Waals surface area contributed by atoms with Crippen LogP contribution in [0, 0.1) is 0 Å². The Morgan fingerprint density at radius 2 is 2.00 bits per heavy atom. The Labute approximate surface area is 125 Å². The summed E-state index contributed by atoms with van der Waals surface area (Å²) in [4.78, 5) is 13.8. The minimum atomic E-state index is 0.139. The molecule has 0 spiro atoms. The monoisotopic (exact) mass is 277 g/mol. The van der Waals surface area contributed by atoms with E-state index >= 15 is 0 Å². The summed E-state index contributed by atoms with van der Waals surface area (Å²) in [6, 6.07) is 16.4. The second-order valence-electron chi connectivity index (χ2n) is 5.41. The average molecular weight is 277 g/mol. The SMILES string of the molecule is CC(=O)c1ccc2c(c1)CCN2C/C=C/c1ccccc1. The minimum Gasteiger partial charge on any atom is -0.367 e. The van der Waals surface area contributed by atoms with Crippen molar-refractivity contribution in [1.29, 1.82) is 0 Å². The van der Waals surface area contributed by atoms with E-state index in [0.717, 1.165) is 25.1 Å². The molecule has 0 aliphatic carbocycles. The lowest BCUT2D eigenvalue weighted by Gasteiger charge is -2.17. The van der Waals surface area contributed by atoms with Gasteiger partial charge in [-0.05, 0) is 42.7 Å². The van der Waals surface area contributed by atoms with Gasteiger partial charge >= 0.3 is 0 Å². The fourth-order valence-corrected chi connectivity index (χ4v) is 2.76. The highest BCUT2D eigenvalue weighted by Gasteiger charge is 2.18. The molecular weight excluding hydrogens is 258 g/mol. The average Bonchev–Trinajstić information content (AvgIpc) is 2.91. The van der Waals surface area contributed by atoms with E-state index in [-0.39, 0.29) is 5.78 Å². The van der Waals surface area contributed by atoms with E-state index in [1.807, 2.05) is 30.3 Å². The summed E-state index contributed by atoms with van der Waals surface area (Å²) >= 11 is 0. The van der Waals surface area contributed by atoms with Gasteiger partial charge in [0, 0.05) is 24.3 Å². The zero-order valence-electron chi connectivity index (χ0n) is 12.3. The molecule has 1 aliphatic heterocycles. The molecule has 106 valence electrons. The third-order valence-electron chi connectivity index (χ3n) is 3.91. The first-order valence-corrected chi connectivity index (χ1v) is 7.34. The van der Waals surface area contributed by atoms with E-state index in [4.69, 9.17) is 0 Å². The number of rotatable bonds is 4. The highest BCUT2D eigenvalue weighted by molar-refractivity contribution is 5.94. The maximum absolute atomic E-state index is 11.4. The molecule has 0 radical (unpaired) electrons. The molecule has 1 heterocycles. The maximum Gasteiger partial charge on any atom is 0.159 e. The van der Waals surface area contributed by atoms with Gasteiger partial charge in [-0.2, -0.15) is 0 Å². The van der Waals surface area contributed by atoms with Crippen LogP contribution in [0.15, 0.2) is 54.6 Å². The summed E-state index contributed by atoms with van der Waals surface area (Å²) in [5.74, 6) is 0.139. The van der Waals surface area contributed by atoms with Crippen LogP contribution in [-0.2, 0) is 6.42 Å². The normalized spacial score (nSPS) is 13.7. The van der Waals surface area contributed by atoms with Crippen LogP contribution < -0.4 is 4.90 Å². The second-order valence-corrected chi connectivity index (χ2v) is 5.41. The van der Waals surface area contributed by atoms with Crippen molar-refractivity contribution in [2.24, 2.45) is 0 Å². The van der Waals surface area contributed by atoms with Gasteiger partial charge in [0.25, 0.3) is 0 Å². The Hall–Kier alpha value is -2.35. The molecule has 0 atom stereocenters. The molecule has 3 rings (SSSR count). The molecule has 0 aromatic heterocycles. The molecule has 2 aromatic carbocycles. The number of hydrogen-bond donors (Lipinski definition) is 0. The predicted octanol–water partition coefficient (Wildman–Crippen LogP) is 3.97. The molecule has 2 aromatic rings. The molecule has 0 bridgehead atoms. The van der Waals surface area contributed by atoms with E-state index in [9.17, 15) is 4.79 Å². The number of benzene rings is 2. The van der Waals surface area contributed by atoms with Crippen LogP contribution in [0.5, 0.6) is 0 Å². The van der Waals surface area contributed by atoms with Crippen LogP contribution in [0.4, 0.5) is 5.69 Å². The molecule has 0 saturated carbocycles. The molecule has 2 heteroatoms. The predicted molar refractivity (Wildman–Crippen MR) is 87.8 cm³/mol. The molecule has 0 saturated heterocycles. The van der Waals surface area contributed by atoms with Gasteiger partial charge in [-0.15, -0.1) is 0 Å². The van der Waals surface area contributed by atoms with Gasteiger partial charge in [-0.3, -0.25) is 4.79 Å². The van der Waals surface area contributed by atoms with Crippen molar-refractivity contribution in [3.05, 3.63) is 71.3 Å². The smallest absolute Gasteiger partial charge is 0.159 e. The first-order chi connectivity index (χ1) is 10.2. The number of fused-ring (bicyclic) bond motifs is 1. The first-order valence-electron chi connectivity index (χ1n) is 7.34. The molecular formula is C19H19NO. The Balaban J connectivity index is 1.70. The summed E-state index contributed by atoms with van der Waals surface area (Å²) in [5.41, 5.74) is 4.59. The summed E-state index contributed by atoms with van der Waals surface area (Å²) in [6.45, 7) is 3.55. The van der Waals surface area contributed by atoms with Crippen molar-refractivity contribution in [3.8, 4) is 0 Å². The Bertz CT molecular complexity index is 673. The Morgan fingerprint density at radius 1 is 1.19 bits per heavy atom. The lowest BCUT2D eigenvalue weighted by molar-refractivity contribution is 0.101. The third-order valence-corrected chi connectivity index (χ3v) is 3.91. The number of hydrogen-bond acceptors (Lipinski definition) is 2. The van der Waals surface area contributed by atoms with Gasteiger partial charge in [0.1, 0.15) is 0 Å². The fraction of sp³-hybridized carbons (Fsp3) is 0.211. The van der Waals surface area contributed by atoms with Crippen LogP contribution in [0.2, 0.25) is 0 Å². The maximum atomic E-state index is 11.4. The molecule has 0 unspecified atom stereocenters. The number of carbonyl (C=O) groups excluding carboxylic acids is 1. The summed E-state index contributed by atoms with van der Waals surface area (Å²) in [5, 5.41) is 0. The van der Waals surface area contributed by atoms with E-state index in [0.29, 0.717) is 0 Å². The topological polar surface area (TPSA) is 20.3 Å². The van der Waals surface area contributed by atoms with E-state index < -0.39 is 0 Å². The van der Waals surface area contributed by atoms with E-state index in [1.165, 1.54) is 16.8 Å². The van der Waals surface area contributed by atoms with Crippen molar-refractivity contribution in [3.63, 3.8) is 0 Å². The number of nitrogens with zero attached hydrogens (tertiary/aromatic N) is 1. The van der Waals surface area contributed by atoms with Crippen molar-refractivity contribution in [2.45, 2.75) is 13.3 Å².